The number of amides is 1. The molecule has 27 heavy (non-hydrogen) atoms. The number of ether oxygens (including phenoxy) is 1. The van der Waals surface area contributed by atoms with Crippen molar-refractivity contribution >= 4 is 21.9 Å². The second-order valence-corrected chi connectivity index (χ2v) is 8.39. The van der Waals surface area contributed by atoms with Crippen LogP contribution in [0.3, 0.4) is 0 Å². The number of hydrogen-bond donors (Lipinski definition) is 1. The predicted molar refractivity (Wildman–Crippen MR) is 96.7 cm³/mol. The lowest BCUT2D eigenvalue weighted by Gasteiger charge is -2.29. The number of rotatable bonds is 8. The summed E-state index contributed by atoms with van der Waals surface area (Å²) >= 11 is 0. The molecular formula is C16H24N2O8S. The fourth-order valence-electron chi connectivity index (χ4n) is 2.12. The topological polar surface area (TPSA) is 136 Å². The van der Waals surface area contributed by atoms with E-state index < -0.39 is 32.8 Å². The molecule has 1 atom stereocenters. The van der Waals surface area contributed by atoms with Crippen LogP contribution in [0.15, 0.2) is 24.3 Å². The number of nitrogens with zero attached hydrogens (tertiary/aromatic N) is 2. The molecule has 0 aromatic heterocycles. The lowest BCUT2D eigenvalue weighted by atomic mass is 10.1. The highest BCUT2D eigenvalue weighted by atomic mass is 32.2. The summed E-state index contributed by atoms with van der Waals surface area (Å²) in [5.41, 5.74) is -0.639. The molecular weight excluding hydrogens is 380 g/mol. The molecule has 0 aliphatic heterocycles. The van der Waals surface area contributed by atoms with Gasteiger partial charge in [0.1, 0.15) is 11.7 Å². The summed E-state index contributed by atoms with van der Waals surface area (Å²) in [6.07, 6.45) is -1.02. The number of nitro benzene ring substituents is 1. The highest BCUT2D eigenvalue weighted by Gasteiger charge is 2.27. The first-order valence-electron chi connectivity index (χ1n) is 8.04. The van der Waals surface area contributed by atoms with E-state index in [0.717, 1.165) is 11.2 Å². The van der Waals surface area contributed by atoms with Crippen LogP contribution in [0.2, 0.25) is 0 Å². The zero-order valence-corrected chi connectivity index (χ0v) is 16.4. The molecule has 1 aromatic rings. The third-order valence-electron chi connectivity index (χ3n) is 3.17. The van der Waals surface area contributed by atoms with Crippen molar-refractivity contribution in [1.29, 1.82) is 0 Å². The van der Waals surface area contributed by atoms with Crippen LogP contribution in [0.5, 0.6) is 0 Å². The highest BCUT2D eigenvalue weighted by Crippen LogP contribution is 2.24. The van der Waals surface area contributed by atoms with Gasteiger partial charge in [0.15, 0.2) is 0 Å². The first-order valence-corrected chi connectivity index (χ1v) is 9.85. The zero-order valence-electron chi connectivity index (χ0n) is 15.6. The van der Waals surface area contributed by atoms with Crippen molar-refractivity contribution < 1.29 is 32.2 Å². The van der Waals surface area contributed by atoms with E-state index in [1.807, 2.05) is 0 Å². The van der Waals surface area contributed by atoms with Crippen LogP contribution in [0.1, 0.15) is 32.4 Å². The van der Waals surface area contributed by atoms with Crippen molar-refractivity contribution in [3.05, 3.63) is 39.9 Å². The Morgan fingerprint density at radius 3 is 2.26 bits per heavy atom. The maximum Gasteiger partial charge on any atom is 0.410 e. The zero-order chi connectivity index (χ0) is 20.8. The van der Waals surface area contributed by atoms with Gasteiger partial charge in [0, 0.05) is 18.7 Å². The van der Waals surface area contributed by atoms with Crippen LogP contribution in [-0.2, 0) is 19.0 Å². The molecule has 0 aliphatic carbocycles. The van der Waals surface area contributed by atoms with E-state index in [9.17, 15) is 28.4 Å². The Balaban J connectivity index is 3.13. The van der Waals surface area contributed by atoms with E-state index in [4.69, 9.17) is 8.92 Å². The van der Waals surface area contributed by atoms with Crippen LogP contribution < -0.4 is 0 Å². The quantitative estimate of drug-likeness (QED) is 0.394. The lowest BCUT2D eigenvalue weighted by Crippen LogP contribution is -2.41. The minimum Gasteiger partial charge on any atom is -0.444 e. The maximum atomic E-state index is 12.3. The van der Waals surface area contributed by atoms with Gasteiger partial charge in [-0.1, -0.05) is 0 Å². The molecule has 1 N–H and O–H groups in total. The first kappa shape index (κ1) is 22.8. The highest BCUT2D eigenvalue weighted by molar-refractivity contribution is 7.86. The standard InChI is InChI=1S/C16H24N2O8S/c1-16(2,3)25-15(20)17(9-10-19)11-14(26-27(4,23)24)12-5-7-13(8-6-12)18(21)22/h5-8,14,19H,9-11H2,1-4H3/t14-/m0/s1. The number of benzene rings is 1. The van der Waals surface area contributed by atoms with Crippen molar-refractivity contribution in [3.8, 4) is 0 Å². The Bertz CT molecular complexity index is 756. The van der Waals surface area contributed by atoms with Crippen LogP contribution in [0, 0.1) is 10.1 Å². The number of carbonyl (C=O) groups excluding carboxylic acids is 1. The summed E-state index contributed by atoms with van der Waals surface area (Å²) in [4.78, 5) is 23.6. The van der Waals surface area contributed by atoms with Gasteiger partial charge in [-0.2, -0.15) is 8.42 Å². The molecule has 0 spiro atoms. The molecule has 0 heterocycles. The summed E-state index contributed by atoms with van der Waals surface area (Å²) < 4.78 is 33.5. The smallest absolute Gasteiger partial charge is 0.410 e. The number of aliphatic hydroxyl groups excluding tert-OH is 1. The molecule has 0 aliphatic rings. The molecule has 1 rings (SSSR count). The number of aliphatic hydroxyl groups is 1. The van der Waals surface area contributed by atoms with E-state index in [2.05, 4.69) is 0 Å². The van der Waals surface area contributed by atoms with Crippen molar-refractivity contribution in [2.45, 2.75) is 32.5 Å². The average molecular weight is 404 g/mol. The number of nitro groups is 1. The Morgan fingerprint density at radius 2 is 1.85 bits per heavy atom. The van der Waals surface area contributed by atoms with E-state index in [1.54, 1.807) is 20.8 Å². The van der Waals surface area contributed by atoms with Gasteiger partial charge in [-0.25, -0.2) is 4.79 Å². The summed E-state index contributed by atoms with van der Waals surface area (Å²) in [5, 5.41) is 20.0. The Hall–Kier alpha value is -2.24. The molecule has 0 saturated heterocycles. The molecule has 10 nitrogen and oxygen atoms in total. The third kappa shape index (κ3) is 8.33. The van der Waals surface area contributed by atoms with Gasteiger partial charge in [0.05, 0.1) is 24.3 Å². The van der Waals surface area contributed by atoms with E-state index in [1.165, 1.54) is 24.3 Å². The van der Waals surface area contributed by atoms with Crippen molar-refractivity contribution in [1.82, 2.24) is 4.90 Å². The van der Waals surface area contributed by atoms with E-state index >= 15 is 0 Å². The fourth-order valence-corrected chi connectivity index (χ4v) is 2.71. The van der Waals surface area contributed by atoms with Gasteiger partial charge in [-0.15, -0.1) is 0 Å². The van der Waals surface area contributed by atoms with E-state index in [0.29, 0.717) is 5.56 Å². The van der Waals surface area contributed by atoms with Crippen molar-refractivity contribution in [2.24, 2.45) is 0 Å². The maximum absolute atomic E-state index is 12.3. The van der Waals surface area contributed by atoms with Crippen LogP contribution in [0.25, 0.3) is 0 Å². The molecule has 0 bridgehead atoms. The number of carbonyl (C=O) groups is 1. The average Bonchev–Trinajstić information content (AvgIpc) is 2.50. The molecule has 0 radical (unpaired) electrons. The van der Waals surface area contributed by atoms with Gasteiger partial charge in [-0.05, 0) is 38.5 Å². The molecule has 152 valence electrons. The monoisotopic (exact) mass is 404 g/mol. The SMILES string of the molecule is CC(C)(C)OC(=O)N(CCO)C[C@H](OS(C)(=O)=O)c1ccc([N+](=O)[O-])cc1. The van der Waals surface area contributed by atoms with Gasteiger partial charge >= 0.3 is 6.09 Å². The van der Waals surface area contributed by atoms with Gasteiger partial charge in [-0.3, -0.25) is 14.3 Å². The number of hydrogen-bond acceptors (Lipinski definition) is 8. The largest absolute Gasteiger partial charge is 0.444 e. The Labute approximate surface area is 158 Å². The molecule has 0 unspecified atom stereocenters. The molecule has 1 aromatic carbocycles. The third-order valence-corrected chi connectivity index (χ3v) is 3.76. The van der Waals surface area contributed by atoms with Gasteiger partial charge in [0.2, 0.25) is 0 Å². The molecule has 11 heteroatoms. The predicted octanol–water partition coefficient (Wildman–Crippen LogP) is 1.84. The summed E-state index contributed by atoms with van der Waals surface area (Å²) in [6.45, 7) is 4.30. The molecule has 0 saturated carbocycles. The minimum absolute atomic E-state index is 0.106. The van der Waals surface area contributed by atoms with Gasteiger partial charge in [0.25, 0.3) is 15.8 Å². The summed E-state index contributed by atoms with van der Waals surface area (Å²) in [5.74, 6) is 0. The van der Waals surface area contributed by atoms with Crippen molar-refractivity contribution in [2.75, 3.05) is 26.0 Å². The van der Waals surface area contributed by atoms with Crippen LogP contribution in [0.4, 0.5) is 10.5 Å². The van der Waals surface area contributed by atoms with E-state index in [-0.39, 0.29) is 25.4 Å². The molecule has 1 amide bonds. The summed E-state index contributed by atoms with van der Waals surface area (Å²) in [6, 6.07) is 5.11. The lowest BCUT2D eigenvalue weighted by molar-refractivity contribution is -0.384. The number of non-ortho nitro benzene ring substituents is 1. The second-order valence-electron chi connectivity index (χ2n) is 6.79. The minimum atomic E-state index is -3.89. The van der Waals surface area contributed by atoms with Gasteiger partial charge < -0.3 is 14.7 Å². The fraction of sp³-hybridized carbons (Fsp3) is 0.562. The Morgan fingerprint density at radius 1 is 1.30 bits per heavy atom. The Kier molecular flexibility index (Phi) is 7.69. The van der Waals surface area contributed by atoms with Crippen LogP contribution >= 0.6 is 0 Å². The van der Waals surface area contributed by atoms with Crippen molar-refractivity contribution in [3.63, 3.8) is 0 Å². The van der Waals surface area contributed by atoms with Crippen LogP contribution in [-0.4, -0.2) is 61.0 Å². The second kappa shape index (κ2) is 9.11. The molecule has 0 fully saturated rings. The first-order chi connectivity index (χ1) is 12.3. The normalized spacial score (nSPS) is 13.1. The summed E-state index contributed by atoms with van der Waals surface area (Å²) in [7, 11) is -3.89.